The first kappa shape index (κ1) is 20.6. The van der Waals surface area contributed by atoms with Gasteiger partial charge < -0.3 is 9.47 Å². The number of fused-ring (bicyclic) bond motifs is 1. The molecule has 0 atom stereocenters. The van der Waals surface area contributed by atoms with E-state index in [0.717, 1.165) is 52.4 Å². The molecule has 0 N–H and O–H groups in total. The highest BCUT2D eigenvalue weighted by atomic mass is 79.9. The Bertz CT molecular complexity index is 819. The number of alkyl halides is 1. The molecule has 140 valence electrons. The molecular weight excluding hydrogens is 388 g/mol. The van der Waals surface area contributed by atoms with Crippen molar-refractivity contribution in [1.82, 2.24) is 0 Å². The zero-order valence-corrected chi connectivity index (χ0v) is 18.1. The summed E-state index contributed by atoms with van der Waals surface area (Å²) in [5.74, 6) is 1.90. The first-order valence-electron chi connectivity index (χ1n) is 9.02. The van der Waals surface area contributed by atoms with Crippen molar-refractivity contribution in [2.45, 2.75) is 40.0 Å². The molecule has 0 fully saturated rings. The molecular formula is C23H29BrO2. The second kappa shape index (κ2) is 9.82. The third-order valence-electron chi connectivity index (χ3n) is 4.79. The molecule has 2 aromatic rings. The minimum atomic E-state index is 0.850. The van der Waals surface area contributed by atoms with Gasteiger partial charge in [0, 0.05) is 21.7 Å². The van der Waals surface area contributed by atoms with Gasteiger partial charge in [-0.25, -0.2) is 0 Å². The van der Waals surface area contributed by atoms with Crippen LogP contribution in [0.3, 0.4) is 0 Å². The van der Waals surface area contributed by atoms with Crippen molar-refractivity contribution in [1.29, 1.82) is 0 Å². The third-order valence-corrected chi connectivity index (χ3v) is 5.67. The summed E-state index contributed by atoms with van der Waals surface area (Å²) in [5, 5.41) is 3.15. The molecule has 26 heavy (non-hydrogen) atoms. The van der Waals surface area contributed by atoms with E-state index in [-0.39, 0.29) is 0 Å². The standard InChI is InChI=1S/C23H29BrO2/c1-16(9-8-10-17(2)15-24)13-14-19-18(3)22(25-4)20-11-6-7-12-21(20)23(19)26-5/h6-7,10-13H,8-9,14-15H2,1-5H3/b16-13+,17-10+. The van der Waals surface area contributed by atoms with Crippen LogP contribution in [0.25, 0.3) is 10.8 Å². The maximum absolute atomic E-state index is 5.80. The normalized spacial score (nSPS) is 12.5. The molecule has 2 aromatic carbocycles. The van der Waals surface area contributed by atoms with Crippen molar-refractivity contribution < 1.29 is 9.47 Å². The Morgan fingerprint density at radius 2 is 1.58 bits per heavy atom. The number of halogens is 1. The van der Waals surface area contributed by atoms with Crippen LogP contribution in [-0.2, 0) is 6.42 Å². The number of hydrogen-bond donors (Lipinski definition) is 0. The molecule has 0 aliphatic carbocycles. The molecule has 0 saturated carbocycles. The smallest absolute Gasteiger partial charge is 0.130 e. The van der Waals surface area contributed by atoms with Crippen LogP contribution in [0.15, 0.2) is 47.6 Å². The van der Waals surface area contributed by atoms with Crippen molar-refractivity contribution in [3.63, 3.8) is 0 Å². The lowest BCUT2D eigenvalue weighted by molar-refractivity contribution is 0.404. The Balaban J connectivity index is 2.34. The van der Waals surface area contributed by atoms with Gasteiger partial charge in [-0.2, -0.15) is 0 Å². The predicted molar refractivity (Wildman–Crippen MR) is 116 cm³/mol. The predicted octanol–water partition coefficient (Wildman–Crippen LogP) is 6.78. The van der Waals surface area contributed by atoms with Crippen LogP contribution < -0.4 is 9.47 Å². The summed E-state index contributed by atoms with van der Waals surface area (Å²) in [4.78, 5) is 0. The van der Waals surface area contributed by atoms with E-state index in [1.807, 2.05) is 12.1 Å². The quantitative estimate of drug-likeness (QED) is 0.348. The van der Waals surface area contributed by atoms with E-state index in [9.17, 15) is 0 Å². The monoisotopic (exact) mass is 416 g/mol. The molecule has 2 nitrogen and oxygen atoms in total. The van der Waals surface area contributed by atoms with Gasteiger partial charge in [-0.3, -0.25) is 0 Å². The van der Waals surface area contributed by atoms with Crippen molar-refractivity contribution in [3.05, 3.63) is 58.7 Å². The summed E-state index contributed by atoms with van der Waals surface area (Å²) >= 11 is 3.49. The van der Waals surface area contributed by atoms with Gasteiger partial charge in [0.2, 0.25) is 0 Å². The number of hydrogen-bond acceptors (Lipinski definition) is 2. The summed E-state index contributed by atoms with van der Waals surface area (Å²) in [6, 6.07) is 8.27. The molecule has 2 rings (SSSR count). The molecule has 0 bridgehead atoms. The van der Waals surface area contributed by atoms with E-state index in [1.165, 1.54) is 16.7 Å². The average Bonchev–Trinajstić information content (AvgIpc) is 2.65. The fraction of sp³-hybridized carbons (Fsp3) is 0.391. The summed E-state index contributed by atoms with van der Waals surface area (Å²) < 4.78 is 11.5. The van der Waals surface area contributed by atoms with Crippen LogP contribution >= 0.6 is 15.9 Å². The van der Waals surface area contributed by atoms with Gasteiger partial charge in [0.1, 0.15) is 11.5 Å². The van der Waals surface area contributed by atoms with Crippen LogP contribution in [0.5, 0.6) is 11.5 Å². The van der Waals surface area contributed by atoms with Crippen LogP contribution in [0, 0.1) is 6.92 Å². The lowest BCUT2D eigenvalue weighted by atomic mass is 9.95. The second-order valence-electron chi connectivity index (χ2n) is 6.69. The topological polar surface area (TPSA) is 18.5 Å². The van der Waals surface area contributed by atoms with E-state index < -0.39 is 0 Å². The number of ether oxygens (including phenoxy) is 2. The fourth-order valence-corrected chi connectivity index (χ4v) is 3.50. The first-order chi connectivity index (χ1) is 12.5. The summed E-state index contributed by atoms with van der Waals surface area (Å²) in [5.41, 5.74) is 5.14. The zero-order chi connectivity index (χ0) is 19.1. The molecule has 0 saturated heterocycles. The highest BCUT2D eigenvalue weighted by Crippen LogP contribution is 2.40. The molecule has 0 spiro atoms. The lowest BCUT2D eigenvalue weighted by Crippen LogP contribution is -2.00. The zero-order valence-electron chi connectivity index (χ0n) is 16.5. The van der Waals surface area contributed by atoms with Gasteiger partial charge in [-0.15, -0.1) is 0 Å². The molecule has 0 aliphatic rings. The van der Waals surface area contributed by atoms with E-state index in [2.05, 4.69) is 61.0 Å². The summed E-state index contributed by atoms with van der Waals surface area (Å²) in [7, 11) is 3.49. The highest BCUT2D eigenvalue weighted by Gasteiger charge is 2.17. The van der Waals surface area contributed by atoms with Crippen LogP contribution in [0.2, 0.25) is 0 Å². The number of benzene rings is 2. The van der Waals surface area contributed by atoms with Crippen molar-refractivity contribution >= 4 is 26.7 Å². The summed E-state index contributed by atoms with van der Waals surface area (Å²) in [6.07, 6.45) is 7.63. The second-order valence-corrected chi connectivity index (χ2v) is 7.25. The molecule has 3 heteroatoms. The number of methoxy groups -OCH3 is 2. The van der Waals surface area contributed by atoms with E-state index in [1.54, 1.807) is 14.2 Å². The maximum Gasteiger partial charge on any atom is 0.130 e. The molecule has 0 aromatic heterocycles. The fourth-order valence-electron chi connectivity index (χ4n) is 3.27. The Morgan fingerprint density at radius 3 is 2.15 bits per heavy atom. The largest absolute Gasteiger partial charge is 0.496 e. The maximum atomic E-state index is 5.80. The van der Waals surface area contributed by atoms with Crippen LogP contribution in [-0.4, -0.2) is 19.5 Å². The van der Waals surface area contributed by atoms with Gasteiger partial charge in [0.15, 0.2) is 0 Å². The first-order valence-corrected chi connectivity index (χ1v) is 10.1. The third kappa shape index (κ3) is 4.70. The van der Waals surface area contributed by atoms with Gasteiger partial charge in [0.05, 0.1) is 14.2 Å². The summed E-state index contributed by atoms with van der Waals surface area (Å²) in [6.45, 7) is 6.48. The Hall–Kier alpha value is -1.74. The minimum Gasteiger partial charge on any atom is -0.496 e. The molecule has 0 radical (unpaired) electrons. The van der Waals surface area contributed by atoms with Crippen LogP contribution in [0.1, 0.15) is 37.8 Å². The number of allylic oxidation sites excluding steroid dienone is 4. The molecule has 0 aliphatic heterocycles. The Labute approximate surface area is 166 Å². The lowest BCUT2D eigenvalue weighted by Gasteiger charge is -2.18. The Kier molecular flexibility index (Phi) is 7.77. The van der Waals surface area contributed by atoms with Crippen molar-refractivity contribution in [2.75, 3.05) is 19.5 Å². The van der Waals surface area contributed by atoms with Crippen LogP contribution in [0.4, 0.5) is 0 Å². The highest BCUT2D eigenvalue weighted by molar-refractivity contribution is 9.09. The minimum absolute atomic E-state index is 0.850. The van der Waals surface area contributed by atoms with Gasteiger partial charge in [-0.1, -0.05) is 63.5 Å². The molecule has 0 heterocycles. The Morgan fingerprint density at radius 1 is 0.962 bits per heavy atom. The van der Waals surface area contributed by atoms with Gasteiger partial charge >= 0.3 is 0 Å². The van der Waals surface area contributed by atoms with E-state index in [4.69, 9.17) is 9.47 Å². The van der Waals surface area contributed by atoms with E-state index in [0.29, 0.717) is 0 Å². The van der Waals surface area contributed by atoms with Crippen molar-refractivity contribution in [3.8, 4) is 11.5 Å². The van der Waals surface area contributed by atoms with Gasteiger partial charge in [0.25, 0.3) is 0 Å². The van der Waals surface area contributed by atoms with Gasteiger partial charge in [-0.05, 0) is 45.6 Å². The SMILES string of the molecule is COc1c(C)c(C/C=C(\C)CC/C=C(\C)CBr)c(OC)c2ccccc12. The molecule has 0 amide bonds. The van der Waals surface area contributed by atoms with Crippen molar-refractivity contribution in [2.24, 2.45) is 0 Å². The van der Waals surface area contributed by atoms with E-state index >= 15 is 0 Å². The number of rotatable bonds is 8. The molecule has 0 unspecified atom stereocenters. The average molecular weight is 417 g/mol.